The van der Waals surface area contributed by atoms with Crippen molar-refractivity contribution in [1.82, 2.24) is 9.62 Å². The minimum atomic E-state index is -3.76. The van der Waals surface area contributed by atoms with E-state index in [1.165, 1.54) is 22.5 Å². The van der Waals surface area contributed by atoms with E-state index in [-0.39, 0.29) is 27.6 Å². The van der Waals surface area contributed by atoms with Gasteiger partial charge in [0.25, 0.3) is 21.8 Å². The molecule has 2 N–H and O–H groups in total. The number of nitrogens with zero attached hydrogens (tertiary/aromatic N) is 1. The molecule has 1 saturated heterocycles. The van der Waals surface area contributed by atoms with E-state index in [9.17, 15) is 22.8 Å². The van der Waals surface area contributed by atoms with Crippen molar-refractivity contribution < 1.29 is 22.8 Å². The van der Waals surface area contributed by atoms with E-state index in [1.54, 1.807) is 17.5 Å². The number of carbonyl (C=O) groups excluding carboxylic acids is 3. The van der Waals surface area contributed by atoms with E-state index < -0.39 is 33.8 Å². The number of rotatable bonds is 4. The SMILES string of the molecule is O=C1NC(=O)c2c(NC(=O)[C@@H]3CCCN3S(=O)(=O)c3cccs3)cccc21. The third-order valence-corrected chi connectivity index (χ3v) is 7.87. The van der Waals surface area contributed by atoms with E-state index in [0.29, 0.717) is 12.8 Å². The zero-order valence-corrected chi connectivity index (χ0v) is 15.6. The molecule has 1 fully saturated rings. The fourth-order valence-corrected chi connectivity index (χ4v) is 6.13. The Morgan fingerprint density at radius 2 is 2.00 bits per heavy atom. The van der Waals surface area contributed by atoms with Gasteiger partial charge in [0.15, 0.2) is 0 Å². The van der Waals surface area contributed by atoms with Gasteiger partial charge in [-0.05, 0) is 36.4 Å². The molecule has 0 spiro atoms. The number of imide groups is 1. The number of hydrogen-bond acceptors (Lipinski definition) is 6. The van der Waals surface area contributed by atoms with Gasteiger partial charge in [-0.25, -0.2) is 8.42 Å². The van der Waals surface area contributed by atoms with Crippen molar-refractivity contribution in [1.29, 1.82) is 0 Å². The number of carbonyl (C=O) groups is 3. The molecule has 3 amide bonds. The van der Waals surface area contributed by atoms with Crippen molar-refractivity contribution in [3.63, 3.8) is 0 Å². The van der Waals surface area contributed by atoms with E-state index >= 15 is 0 Å². The summed E-state index contributed by atoms with van der Waals surface area (Å²) < 4.78 is 27.0. The number of anilines is 1. The predicted molar refractivity (Wildman–Crippen MR) is 98.1 cm³/mol. The summed E-state index contributed by atoms with van der Waals surface area (Å²) in [5, 5.41) is 6.48. The van der Waals surface area contributed by atoms with Crippen molar-refractivity contribution in [3.05, 3.63) is 46.8 Å². The zero-order chi connectivity index (χ0) is 19.2. The molecule has 0 saturated carbocycles. The molecule has 0 radical (unpaired) electrons. The fraction of sp³-hybridized carbons (Fsp3) is 0.235. The molecule has 2 aliphatic heterocycles. The Hall–Kier alpha value is -2.56. The van der Waals surface area contributed by atoms with Gasteiger partial charge in [-0.3, -0.25) is 19.7 Å². The zero-order valence-electron chi connectivity index (χ0n) is 14.0. The first-order chi connectivity index (χ1) is 12.9. The predicted octanol–water partition coefficient (Wildman–Crippen LogP) is 1.42. The van der Waals surface area contributed by atoms with Crippen LogP contribution in [0, 0.1) is 0 Å². The molecule has 1 atom stereocenters. The highest BCUT2D eigenvalue weighted by atomic mass is 32.2. The number of sulfonamides is 1. The highest BCUT2D eigenvalue weighted by Gasteiger charge is 2.40. The lowest BCUT2D eigenvalue weighted by Crippen LogP contribution is -2.43. The maximum absolute atomic E-state index is 12.8. The van der Waals surface area contributed by atoms with Crippen LogP contribution in [-0.4, -0.2) is 43.0 Å². The molecule has 140 valence electrons. The van der Waals surface area contributed by atoms with Crippen LogP contribution in [0.15, 0.2) is 39.9 Å². The highest BCUT2D eigenvalue weighted by Crippen LogP contribution is 2.30. The van der Waals surface area contributed by atoms with E-state index in [0.717, 1.165) is 11.3 Å². The molecule has 0 unspecified atom stereocenters. The minimum Gasteiger partial charge on any atom is -0.324 e. The molecule has 10 heteroatoms. The van der Waals surface area contributed by atoms with Crippen LogP contribution in [0.3, 0.4) is 0 Å². The topological polar surface area (TPSA) is 113 Å². The maximum Gasteiger partial charge on any atom is 0.261 e. The normalized spacial score (nSPS) is 19.8. The summed E-state index contributed by atoms with van der Waals surface area (Å²) in [6.07, 6.45) is 0.950. The standard InChI is InChI=1S/C17H15N3O5S2/c21-15-10-4-1-5-11(14(10)17(23)19-15)18-16(22)12-6-2-8-20(12)27(24,25)13-7-3-9-26-13/h1,3-5,7,9,12H,2,6,8H2,(H,18,22)(H,19,21,23)/t12-/m0/s1. The van der Waals surface area contributed by atoms with Crippen molar-refractivity contribution in [2.24, 2.45) is 0 Å². The van der Waals surface area contributed by atoms with Gasteiger partial charge in [-0.1, -0.05) is 12.1 Å². The monoisotopic (exact) mass is 405 g/mol. The molecule has 0 bridgehead atoms. The third-order valence-electron chi connectivity index (χ3n) is 4.59. The first kappa shape index (κ1) is 17.8. The minimum absolute atomic E-state index is 0.0986. The van der Waals surface area contributed by atoms with Gasteiger partial charge >= 0.3 is 0 Å². The lowest BCUT2D eigenvalue weighted by molar-refractivity contribution is -0.119. The number of benzene rings is 1. The molecule has 27 heavy (non-hydrogen) atoms. The quantitative estimate of drug-likeness (QED) is 0.747. The Morgan fingerprint density at radius 3 is 2.74 bits per heavy atom. The summed E-state index contributed by atoms with van der Waals surface area (Å²) >= 11 is 1.10. The average Bonchev–Trinajstić information content (AvgIpc) is 3.36. The van der Waals surface area contributed by atoms with Crippen LogP contribution in [0.2, 0.25) is 0 Å². The van der Waals surface area contributed by atoms with Crippen LogP contribution < -0.4 is 10.6 Å². The first-order valence-corrected chi connectivity index (χ1v) is 10.6. The van der Waals surface area contributed by atoms with Crippen LogP contribution in [0.1, 0.15) is 33.6 Å². The average molecular weight is 405 g/mol. The second-order valence-corrected chi connectivity index (χ2v) is 9.27. The first-order valence-electron chi connectivity index (χ1n) is 8.24. The summed E-state index contributed by atoms with van der Waals surface area (Å²) in [6.45, 7) is 0.254. The molecule has 1 aromatic heterocycles. The fourth-order valence-electron chi connectivity index (χ4n) is 3.36. The number of amides is 3. The summed E-state index contributed by atoms with van der Waals surface area (Å²) in [5.41, 5.74) is 0.481. The molecular weight excluding hydrogens is 390 g/mol. The lowest BCUT2D eigenvalue weighted by Gasteiger charge is -2.23. The number of fused-ring (bicyclic) bond motifs is 1. The van der Waals surface area contributed by atoms with Crippen molar-refractivity contribution >= 4 is 44.8 Å². The molecule has 3 heterocycles. The van der Waals surface area contributed by atoms with Crippen LogP contribution in [-0.2, 0) is 14.8 Å². The van der Waals surface area contributed by atoms with E-state index in [2.05, 4.69) is 10.6 Å². The Bertz CT molecular complexity index is 1050. The van der Waals surface area contributed by atoms with E-state index in [1.807, 2.05) is 0 Å². The Kier molecular flexibility index (Phi) is 4.33. The summed E-state index contributed by atoms with van der Waals surface area (Å²) in [5.74, 6) is -1.62. The number of hydrogen-bond donors (Lipinski definition) is 2. The summed E-state index contributed by atoms with van der Waals surface area (Å²) in [4.78, 5) is 36.5. The van der Waals surface area contributed by atoms with Crippen LogP contribution in [0.25, 0.3) is 0 Å². The van der Waals surface area contributed by atoms with Gasteiger partial charge in [-0.2, -0.15) is 4.31 Å². The molecule has 2 aliphatic rings. The van der Waals surface area contributed by atoms with Crippen LogP contribution in [0.4, 0.5) is 5.69 Å². The number of thiophene rings is 1. The second-order valence-electron chi connectivity index (χ2n) is 6.21. The van der Waals surface area contributed by atoms with Crippen LogP contribution in [0.5, 0.6) is 0 Å². The van der Waals surface area contributed by atoms with Crippen molar-refractivity contribution in [2.45, 2.75) is 23.1 Å². The van der Waals surface area contributed by atoms with Gasteiger partial charge in [0.2, 0.25) is 5.91 Å². The molecule has 4 rings (SSSR count). The van der Waals surface area contributed by atoms with Gasteiger partial charge < -0.3 is 5.32 Å². The molecular formula is C17H15N3O5S2. The van der Waals surface area contributed by atoms with Crippen molar-refractivity contribution in [2.75, 3.05) is 11.9 Å². The maximum atomic E-state index is 12.8. The Balaban J connectivity index is 1.61. The molecule has 0 aliphatic carbocycles. The smallest absolute Gasteiger partial charge is 0.261 e. The van der Waals surface area contributed by atoms with Crippen molar-refractivity contribution in [3.8, 4) is 0 Å². The summed E-state index contributed by atoms with van der Waals surface area (Å²) in [7, 11) is -3.76. The Labute approximate surface area is 159 Å². The van der Waals surface area contributed by atoms with Gasteiger partial charge in [0.05, 0.1) is 16.8 Å². The van der Waals surface area contributed by atoms with Gasteiger partial charge in [0, 0.05) is 6.54 Å². The second kappa shape index (κ2) is 6.55. The lowest BCUT2D eigenvalue weighted by atomic mass is 10.1. The summed E-state index contributed by atoms with van der Waals surface area (Å²) in [6, 6.07) is 6.85. The van der Waals surface area contributed by atoms with Gasteiger partial charge in [0.1, 0.15) is 10.3 Å². The highest BCUT2D eigenvalue weighted by molar-refractivity contribution is 7.91. The molecule has 8 nitrogen and oxygen atoms in total. The molecule has 1 aromatic carbocycles. The van der Waals surface area contributed by atoms with Gasteiger partial charge in [-0.15, -0.1) is 11.3 Å². The van der Waals surface area contributed by atoms with Crippen LogP contribution >= 0.6 is 11.3 Å². The molecule has 2 aromatic rings. The Morgan fingerprint density at radius 1 is 1.19 bits per heavy atom. The number of nitrogens with one attached hydrogen (secondary N) is 2. The largest absolute Gasteiger partial charge is 0.324 e. The van der Waals surface area contributed by atoms with E-state index in [4.69, 9.17) is 0 Å². The third kappa shape index (κ3) is 2.95.